The van der Waals surface area contributed by atoms with E-state index in [1.165, 1.54) is 0 Å². The number of aromatic amines is 1. The molecule has 4 unspecified atom stereocenters. The lowest BCUT2D eigenvalue weighted by Gasteiger charge is -2.31. The molecule has 2 aliphatic rings. The Bertz CT molecular complexity index is 1680. The van der Waals surface area contributed by atoms with Crippen LogP contribution in [-0.2, 0) is 20.8 Å². The molecule has 3 N–H and O–H groups in total. The summed E-state index contributed by atoms with van der Waals surface area (Å²) in [5.41, 5.74) is 3.80. The zero-order chi connectivity index (χ0) is 27.6. The summed E-state index contributed by atoms with van der Waals surface area (Å²) >= 11 is 6.37. The highest BCUT2D eigenvalue weighted by atomic mass is 35.5. The Morgan fingerprint density at radius 1 is 1.00 bits per heavy atom. The molecule has 2 fully saturated rings. The third-order valence-corrected chi connectivity index (χ3v) is 8.77. The van der Waals surface area contributed by atoms with Crippen LogP contribution >= 0.6 is 11.6 Å². The number of carboxylic acid groups (broad SMARTS) is 1. The predicted octanol–water partition coefficient (Wildman–Crippen LogP) is 5.26. The van der Waals surface area contributed by atoms with Gasteiger partial charge in [0.1, 0.15) is 5.54 Å². The standard InChI is InChI=1S/C31H28ClN3O4/c1-16-8-9-17(2)22(12-16)27-25-26(29(37)35(28(25)36)20-11-10-18(3)23(32)13-20)31(34-27,30(38)39)14-19-15-33-24-7-5-4-6-21(19)24/h4-13,15,25-27,33-34H,14H2,1-3H3,(H,38,39). The van der Waals surface area contributed by atoms with E-state index in [1.807, 2.05) is 63.2 Å². The van der Waals surface area contributed by atoms with Crippen molar-refractivity contribution in [1.29, 1.82) is 0 Å². The molecular weight excluding hydrogens is 514 g/mol. The van der Waals surface area contributed by atoms with E-state index in [0.29, 0.717) is 10.7 Å². The maximum absolute atomic E-state index is 14.2. The molecule has 1 aromatic heterocycles. The Labute approximate surface area is 230 Å². The van der Waals surface area contributed by atoms with Gasteiger partial charge in [-0.05, 0) is 61.2 Å². The maximum atomic E-state index is 14.2. The van der Waals surface area contributed by atoms with E-state index in [9.17, 15) is 19.5 Å². The van der Waals surface area contributed by atoms with Crippen LogP contribution in [0.1, 0.15) is 33.9 Å². The van der Waals surface area contributed by atoms with Gasteiger partial charge in [-0.25, -0.2) is 4.90 Å². The van der Waals surface area contributed by atoms with Crippen LogP contribution < -0.4 is 10.2 Å². The van der Waals surface area contributed by atoms with E-state index >= 15 is 0 Å². The Balaban J connectivity index is 1.54. The highest BCUT2D eigenvalue weighted by molar-refractivity contribution is 6.32. The van der Waals surface area contributed by atoms with Crippen molar-refractivity contribution in [3.63, 3.8) is 0 Å². The number of carbonyl (C=O) groups is 3. The molecule has 0 radical (unpaired) electrons. The fraction of sp³-hybridized carbons (Fsp3) is 0.258. The number of hydrogen-bond acceptors (Lipinski definition) is 4. The molecule has 2 aliphatic heterocycles. The van der Waals surface area contributed by atoms with Gasteiger partial charge in [-0.15, -0.1) is 0 Å². The lowest BCUT2D eigenvalue weighted by atomic mass is 9.76. The highest BCUT2D eigenvalue weighted by Gasteiger charge is 2.68. The van der Waals surface area contributed by atoms with E-state index < -0.39 is 41.2 Å². The number of aromatic nitrogens is 1. The van der Waals surface area contributed by atoms with E-state index in [1.54, 1.807) is 24.4 Å². The minimum atomic E-state index is -1.72. The second kappa shape index (κ2) is 9.07. The molecule has 0 spiro atoms. The van der Waals surface area contributed by atoms with E-state index in [4.69, 9.17) is 11.6 Å². The number of carboxylic acids is 1. The van der Waals surface area contributed by atoms with Crippen LogP contribution in [0.4, 0.5) is 5.69 Å². The summed E-state index contributed by atoms with van der Waals surface area (Å²) in [7, 11) is 0. The summed E-state index contributed by atoms with van der Waals surface area (Å²) in [5, 5.41) is 15.5. The molecule has 0 saturated carbocycles. The van der Waals surface area contributed by atoms with Gasteiger partial charge in [-0.2, -0.15) is 0 Å². The number of benzene rings is 3. The summed E-state index contributed by atoms with van der Waals surface area (Å²) in [6.07, 6.45) is 1.81. The van der Waals surface area contributed by atoms with E-state index in [-0.39, 0.29) is 6.42 Å². The van der Waals surface area contributed by atoms with Crippen molar-refractivity contribution < 1.29 is 19.5 Å². The number of halogens is 1. The number of fused-ring (bicyclic) bond motifs is 2. The second-order valence-electron chi connectivity index (χ2n) is 10.7. The average Bonchev–Trinajstić information content (AvgIpc) is 3.55. The number of aryl methyl sites for hydroxylation is 3. The van der Waals surface area contributed by atoms with Gasteiger partial charge in [0, 0.05) is 34.6 Å². The molecule has 4 atom stereocenters. The number of para-hydroxylation sites is 1. The van der Waals surface area contributed by atoms with Gasteiger partial charge >= 0.3 is 5.97 Å². The number of hydrogen-bond donors (Lipinski definition) is 3. The van der Waals surface area contributed by atoms with Crippen LogP contribution in [0.15, 0.2) is 66.9 Å². The van der Waals surface area contributed by atoms with Crippen molar-refractivity contribution in [1.82, 2.24) is 10.3 Å². The number of carbonyl (C=O) groups excluding carboxylic acids is 2. The zero-order valence-corrected chi connectivity index (χ0v) is 22.5. The molecule has 8 heteroatoms. The summed E-state index contributed by atoms with van der Waals surface area (Å²) < 4.78 is 0. The van der Waals surface area contributed by atoms with Gasteiger partial charge in [0.15, 0.2) is 0 Å². The second-order valence-corrected chi connectivity index (χ2v) is 11.2. The summed E-state index contributed by atoms with van der Waals surface area (Å²) in [6, 6.07) is 17.9. The molecule has 3 heterocycles. The maximum Gasteiger partial charge on any atom is 0.325 e. The van der Waals surface area contributed by atoms with Crippen molar-refractivity contribution in [2.24, 2.45) is 11.8 Å². The van der Waals surface area contributed by atoms with Crippen LogP contribution in [0.2, 0.25) is 5.02 Å². The summed E-state index contributed by atoms with van der Waals surface area (Å²) in [4.78, 5) is 45.9. The van der Waals surface area contributed by atoms with E-state index in [0.717, 1.165) is 43.6 Å². The van der Waals surface area contributed by atoms with Gasteiger partial charge in [0.05, 0.1) is 17.5 Å². The van der Waals surface area contributed by atoms with Crippen LogP contribution in [0.5, 0.6) is 0 Å². The number of H-pyrrole nitrogens is 1. The third-order valence-electron chi connectivity index (χ3n) is 8.36. The molecule has 3 aromatic carbocycles. The van der Waals surface area contributed by atoms with Crippen molar-refractivity contribution in [2.45, 2.75) is 38.8 Å². The van der Waals surface area contributed by atoms with Gasteiger partial charge in [0.25, 0.3) is 0 Å². The van der Waals surface area contributed by atoms with Gasteiger partial charge in [-0.3, -0.25) is 19.7 Å². The molecule has 198 valence electrons. The number of nitrogens with one attached hydrogen (secondary N) is 2. The minimum absolute atomic E-state index is 0.0242. The number of anilines is 1. The molecule has 4 aromatic rings. The van der Waals surface area contributed by atoms with E-state index in [2.05, 4.69) is 10.3 Å². The first-order valence-electron chi connectivity index (χ1n) is 12.9. The first-order chi connectivity index (χ1) is 18.6. The lowest BCUT2D eigenvalue weighted by molar-refractivity contribution is -0.148. The largest absolute Gasteiger partial charge is 0.480 e. The number of amides is 2. The number of rotatable bonds is 5. The van der Waals surface area contributed by atoms with Gasteiger partial charge < -0.3 is 10.1 Å². The first-order valence-corrected chi connectivity index (χ1v) is 13.3. The third kappa shape index (κ3) is 3.79. The van der Waals surface area contributed by atoms with Crippen molar-refractivity contribution in [2.75, 3.05) is 4.90 Å². The molecule has 0 aliphatic carbocycles. The van der Waals surface area contributed by atoms with Crippen molar-refractivity contribution in [3.8, 4) is 0 Å². The SMILES string of the molecule is Cc1ccc(C)c(C2NC(Cc3c[nH]c4ccccc34)(C(=O)O)C3C(=O)N(c4ccc(C)c(Cl)c4)C(=O)C23)c1. The normalized spacial score (nSPS) is 24.5. The Morgan fingerprint density at radius 3 is 2.49 bits per heavy atom. The Hall–Kier alpha value is -3.94. The van der Waals surface area contributed by atoms with Crippen LogP contribution in [0.25, 0.3) is 10.9 Å². The molecule has 2 saturated heterocycles. The van der Waals surface area contributed by atoms with Gasteiger partial charge in [0.2, 0.25) is 11.8 Å². The molecular formula is C31H28ClN3O4. The molecule has 2 amide bonds. The molecule has 39 heavy (non-hydrogen) atoms. The van der Waals surface area contributed by atoms with Crippen LogP contribution in [-0.4, -0.2) is 33.4 Å². The molecule has 7 nitrogen and oxygen atoms in total. The molecule has 6 rings (SSSR count). The summed E-state index contributed by atoms with van der Waals surface area (Å²) in [6.45, 7) is 5.73. The topological polar surface area (TPSA) is 102 Å². The minimum Gasteiger partial charge on any atom is -0.480 e. The predicted molar refractivity (Wildman–Crippen MR) is 150 cm³/mol. The Kier molecular flexibility index (Phi) is 5.90. The van der Waals surface area contributed by atoms with Crippen molar-refractivity contribution in [3.05, 3.63) is 99.7 Å². The smallest absolute Gasteiger partial charge is 0.325 e. The number of imide groups is 1. The van der Waals surface area contributed by atoms with Crippen LogP contribution in [0.3, 0.4) is 0 Å². The lowest BCUT2D eigenvalue weighted by Crippen LogP contribution is -2.57. The number of aliphatic carboxylic acids is 1. The summed E-state index contributed by atoms with van der Waals surface area (Å²) in [5.74, 6) is -4.15. The Morgan fingerprint density at radius 2 is 1.74 bits per heavy atom. The number of nitrogens with zero attached hydrogens (tertiary/aromatic N) is 1. The monoisotopic (exact) mass is 541 g/mol. The van der Waals surface area contributed by atoms with Gasteiger partial charge in [-0.1, -0.05) is 59.6 Å². The molecule has 0 bridgehead atoms. The fourth-order valence-corrected chi connectivity index (χ4v) is 6.53. The average molecular weight is 542 g/mol. The zero-order valence-electron chi connectivity index (χ0n) is 21.8. The van der Waals surface area contributed by atoms with Crippen LogP contribution in [0, 0.1) is 32.6 Å². The quantitative estimate of drug-likeness (QED) is 0.299. The highest BCUT2D eigenvalue weighted by Crippen LogP contribution is 2.52. The first kappa shape index (κ1) is 25.3. The van der Waals surface area contributed by atoms with Crippen molar-refractivity contribution >= 4 is 46.0 Å². The fourth-order valence-electron chi connectivity index (χ4n) is 6.35.